The average Bonchev–Trinajstić information content (AvgIpc) is 3.02. The van der Waals surface area contributed by atoms with Gasteiger partial charge < -0.3 is 29.9 Å². The van der Waals surface area contributed by atoms with E-state index in [0.717, 1.165) is 89.5 Å². The molecule has 1 spiro atoms. The molecule has 1 amide bonds. The Morgan fingerprint density at radius 1 is 1.10 bits per heavy atom. The van der Waals surface area contributed by atoms with E-state index in [1.165, 1.54) is 30.1 Å². The van der Waals surface area contributed by atoms with Gasteiger partial charge in [-0.1, -0.05) is 0 Å². The molecular weight excluding hydrogens is 611 g/mol. The highest BCUT2D eigenvalue weighted by Gasteiger charge is 2.54. The van der Waals surface area contributed by atoms with Crippen molar-refractivity contribution in [1.82, 2.24) is 29.7 Å². The Morgan fingerprint density at radius 2 is 1.90 bits per heavy atom. The topological polar surface area (TPSA) is 113 Å². The van der Waals surface area contributed by atoms with Crippen molar-refractivity contribution in [3.05, 3.63) is 65.6 Å². The molecule has 1 saturated carbocycles. The summed E-state index contributed by atoms with van der Waals surface area (Å²) >= 11 is 0. The number of aromatic nitrogens is 3. The van der Waals surface area contributed by atoms with E-state index >= 15 is 0 Å². The van der Waals surface area contributed by atoms with Crippen LogP contribution in [0.4, 0.5) is 10.2 Å². The number of halogens is 1. The summed E-state index contributed by atoms with van der Waals surface area (Å²) < 4.78 is 27.2. The highest BCUT2D eigenvalue weighted by Crippen LogP contribution is 2.52. The maximum absolute atomic E-state index is 14.3. The van der Waals surface area contributed by atoms with Crippen molar-refractivity contribution < 1.29 is 18.7 Å². The molecule has 4 aliphatic rings. The predicted octanol–water partition coefficient (Wildman–Crippen LogP) is 4.11. The molecule has 0 bridgehead atoms. The predicted molar refractivity (Wildman–Crippen MR) is 181 cm³/mol. The van der Waals surface area contributed by atoms with Crippen LogP contribution in [0.3, 0.4) is 0 Å². The zero-order valence-corrected chi connectivity index (χ0v) is 28.3. The van der Waals surface area contributed by atoms with Crippen LogP contribution in [0.1, 0.15) is 61.6 Å². The summed E-state index contributed by atoms with van der Waals surface area (Å²) in [6.45, 7) is 14.1. The zero-order valence-electron chi connectivity index (χ0n) is 28.3. The molecule has 5 heterocycles. The van der Waals surface area contributed by atoms with Crippen LogP contribution in [0.2, 0.25) is 0 Å². The smallest absolute Gasteiger partial charge is 0.257 e. The van der Waals surface area contributed by atoms with E-state index in [9.17, 15) is 9.18 Å². The Kier molecular flexibility index (Phi) is 9.23. The second-order valence-corrected chi connectivity index (χ2v) is 14.3. The minimum atomic E-state index is -0.491. The molecule has 3 aromatic rings. The van der Waals surface area contributed by atoms with Gasteiger partial charge in [0.1, 0.15) is 29.7 Å². The Bertz CT molecular complexity index is 1620. The molecule has 3 fully saturated rings. The van der Waals surface area contributed by atoms with Crippen LogP contribution in [-0.2, 0) is 13.0 Å². The second kappa shape index (κ2) is 13.6. The minimum Gasteiger partial charge on any atom is -0.490 e. The van der Waals surface area contributed by atoms with E-state index in [2.05, 4.69) is 29.7 Å². The first-order valence-electron chi connectivity index (χ1n) is 17.4. The lowest BCUT2D eigenvalue weighted by molar-refractivity contribution is -0.0352. The number of pyridine rings is 1. The maximum Gasteiger partial charge on any atom is 0.257 e. The number of carbonyl (C=O) groups is 1. The molecular formula is C36H47FN8O3. The van der Waals surface area contributed by atoms with Gasteiger partial charge in [-0.25, -0.2) is 14.4 Å². The third kappa shape index (κ3) is 6.70. The maximum atomic E-state index is 14.3. The Hall–Kier alpha value is -3.87. The van der Waals surface area contributed by atoms with Crippen LogP contribution in [0.15, 0.2) is 43.0 Å². The van der Waals surface area contributed by atoms with E-state index in [4.69, 9.17) is 15.2 Å². The lowest BCUT2D eigenvalue weighted by Crippen LogP contribution is -2.65. The number of likely N-dealkylation sites (tertiary alicyclic amines) is 1. The summed E-state index contributed by atoms with van der Waals surface area (Å²) in [6, 6.07) is 6.39. The van der Waals surface area contributed by atoms with Crippen molar-refractivity contribution >= 4 is 11.7 Å². The van der Waals surface area contributed by atoms with Gasteiger partial charge >= 0.3 is 0 Å². The van der Waals surface area contributed by atoms with Crippen LogP contribution in [0.5, 0.6) is 17.2 Å². The molecule has 0 unspecified atom stereocenters. The van der Waals surface area contributed by atoms with Crippen LogP contribution in [0.25, 0.3) is 0 Å². The molecule has 256 valence electrons. The van der Waals surface area contributed by atoms with Gasteiger partial charge in [0.2, 0.25) is 0 Å². The monoisotopic (exact) mass is 658 g/mol. The average molecular weight is 659 g/mol. The Balaban J connectivity index is 0.953. The minimum absolute atomic E-state index is 0.0361. The molecule has 3 aliphatic heterocycles. The standard InChI is InChI=1S/C36H47FN8O3/c1-4-45(24(2)3)35(46)28-14-25(37)6-7-31(28)48-33-17-39-23-41-34(33)44-21-36(22-44)15-27(16-36)47-32-8-10-40-30-9-13-42(20-29(30)32)11-5-12-43-18-26(38)19-43/h6-8,10,14,17,23-24,26-27H,4-5,9,11-13,15-16,18-22,38H2,1-3H3. The van der Waals surface area contributed by atoms with Crippen LogP contribution in [-0.4, -0.2) is 106 Å². The summed E-state index contributed by atoms with van der Waals surface area (Å²) in [5, 5.41) is 0. The number of amides is 1. The molecule has 2 N–H and O–H groups in total. The SMILES string of the molecule is CCN(C(=O)c1cc(F)ccc1Oc1cncnc1N1CC2(CC(Oc3ccnc4c3CN(CCCN3CC(N)C3)CC4)C2)C1)C(C)C. The first-order chi connectivity index (χ1) is 23.2. The Labute approximate surface area is 282 Å². The fourth-order valence-corrected chi connectivity index (χ4v) is 7.81. The van der Waals surface area contributed by atoms with Gasteiger partial charge in [0, 0.05) is 87.2 Å². The third-order valence-electron chi connectivity index (χ3n) is 10.3. The van der Waals surface area contributed by atoms with Crippen LogP contribution < -0.4 is 20.1 Å². The summed E-state index contributed by atoms with van der Waals surface area (Å²) in [6.07, 6.45) is 9.22. The summed E-state index contributed by atoms with van der Waals surface area (Å²) in [5.41, 5.74) is 8.68. The molecule has 2 saturated heterocycles. The highest BCUT2D eigenvalue weighted by molar-refractivity contribution is 5.97. The molecule has 2 aromatic heterocycles. The molecule has 12 heteroatoms. The van der Waals surface area contributed by atoms with E-state index in [1.807, 2.05) is 33.0 Å². The molecule has 11 nitrogen and oxygen atoms in total. The van der Waals surface area contributed by atoms with Crippen LogP contribution >= 0.6 is 0 Å². The number of nitrogens with zero attached hydrogens (tertiary/aromatic N) is 7. The van der Waals surface area contributed by atoms with Gasteiger partial charge in [0.15, 0.2) is 11.6 Å². The lowest BCUT2D eigenvalue weighted by atomic mass is 9.61. The molecule has 0 atom stereocenters. The zero-order chi connectivity index (χ0) is 33.4. The number of rotatable bonds is 12. The normalized spacial score (nSPS) is 19.4. The quantitative estimate of drug-likeness (QED) is 0.305. The molecule has 1 aliphatic carbocycles. The van der Waals surface area contributed by atoms with Gasteiger partial charge in [-0.3, -0.25) is 14.7 Å². The molecule has 1 aromatic carbocycles. The number of carbonyl (C=O) groups excluding carboxylic acids is 1. The van der Waals surface area contributed by atoms with Crippen LogP contribution in [0, 0.1) is 11.2 Å². The van der Waals surface area contributed by atoms with E-state index in [0.29, 0.717) is 24.2 Å². The van der Waals surface area contributed by atoms with Gasteiger partial charge in [-0.15, -0.1) is 0 Å². The lowest BCUT2D eigenvalue weighted by Gasteiger charge is -2.59. The number of hydrogen-bond acceptors (Lipinski definition) is 10. The summed E-state index contributed by atoms with van der Waals surface area (Å²) in [7, 11) is 0. The fourth-order valence-electron chi connectivity index (χ4n) is 7.81. The van der Waals surface area contributed by atoms with E-state index in [-0.39, 0.29) is 34.8 Å². The van der Waals surface area contributed by atoms with Gasteiger partial charge in [-0.05, 0) is 77.4 Å². The van der Waals surface area contributed by atoms with Crippen molar-refractivity contribution in [2.24, 2.45) is 11.1 Å². The first kappa shape index (κ1) is 32.7. The summed E-state index contributed by atoms with van der Waals surface area (Å²) in [5.74, 6) is 1.59. The molecule has 0 radical (unpaired) electrons. The second-order valence-electron chi connectivity index (χ2n) is 14.3. The number of anilines is 1. The van der Waals surface area contributed by atoms with Gasteiger partial charge in [-0.2, -0.15) is 0 Å². The third-order valence-corrected chi connectivity index (χ3v) is 10.3. The Morgan fingerprint density at radius 3 is 2.65 bits per heavy atom. The number of fused-ring (bicyclic) bond motifs is 1. The van der Waals surface area contributed by atoms with Crippen molar-refractivity contribution in [2.45, 2.75) is 71.2 Å². The van der Waals surface area contributed by atoms with Crippen molar-refractivity contribution in [3.63, 3.8) is 0 Å². The van der Waals surface area contributed by atoms with E-state index < -0.39 is 5.82 Å². The van der Waals surface area contributed by atoms with Crippen molar-refractivity contribution in [2.75, 3.05) is 57.3 Å². The number of benzene rings is 1. The number of nitrogens with two attached hydrogens (primary N) is 1. The first-order valence-corrected chi connectivity index (χ1v) is 17.4. The van der Waals surface area contributed by atoms with Gasteiger partial charge in [0.05, 0.1) is 11.8 Å². The summed E-state index contributed by atoms with van der Waals surface area (Å²) in [4.78, 5) is 35.6. The van der Waals surface area contributed by atoms with Crippen molar-refractivity contribution in [3.8, 4) is 17.2 Å². The fraction of sp³-hybridized carbons (Fsp3) is 0.556. The highest BCUT2D eigenvalue weighted by atomic mass is 19.1. The molecule has 48 heavy (non-hydrogen) atoms. The van der Waals surface area contributed by atoms with E-state index in [1.54, 1.807) is 11.1 Å². The number of hydrogen-bond donors (Lipinski definition) is 1. The van der Waals surface area contributed by atoms with Crippen molar-refractivity contribution in [1.29, 1.82) is 0 Å². The van der Waals surface area contributed by atoms with Gasteiger partial charge in [0.25, 0.3) is 5.91 Å². The number of ether oxygens (including phenoxy) is 2. The molecule has 7 rings (SSSR count). The largest absolute Gasteiger partial charge is 0.490 e.